The van der Waals surface area contributed by atoms with E-state index in [2.05, 4.69) is 33.2 Å². The van der Waals surface area contributed by atoms with E-state index in [1.54, 1.807) is 12.1 Å². The minimum Gasteiger partial charge on any atom is -0.352 e. The normalized spacial score (nSPS) is 12.4. The molecule has 0 heterocycles. The third kappa shape index (κ3) is 5.70. The topological polar surface area (TPSA) is 41.1 Å². The van der Waals surface area contributed by atoms with Crippen molar-refractivity contribution in [3.63, 3.8) is 0 Å². The highest BCUT2D eigenvalue weighted by molar-refractivity contribution is 14.1. The summed E-state index contributed by atoms with van der Waals surface area (Å²) >= 11 is 25.7. The van der Waals surface area contributed by atoms with Crippen molar-refractivity contribution in [2.75, 3.05) is 0 Å². The zero-order valence-corrected chi connectivity index (χ0v) is 19.2. The minimum absolute atomic E-state index is 0.359. The molecular formula is C18H16Cl3IN2OS. The molecule has 0 unspecified atom stereocenters. The van der Waals surface area contributed by atoms with Gasteiger partial charge in [-0.1, -0.05) is 82.9 Å². The molecule has 3 nitrogen and oxygen atoms in total. The molecule has 0 saturated carbocycles. The molecule has 0 aliphatic carbocycles. The number of aryl methyl sites for hydroxylation is 2. The van der Waals surface area contributed by atoms with E-state index in [-0.39, 0.29) is 5.91 Å². The van der Waals surface area contributed by atoms with Crippen LogP contribution in [-0.4, -0.2) is 20.9 Å². The van der Waals surface area contributed by atoms with E-state index in [0.717, 1.165) is 20.3 Å². The third-order valence-corrected chi connectivity index (χ3v) is 5.56. The Kier molecular flexibility index (Phi) is 7.56. The molecule has 0 aromatic heterocycles. The molecule has 0 radical (unpaired) electrons. The first-order valence-corrected chi connectivity index (χ1v) is 10.2. The number of halogens is 4. The lowest BCUT2D eigenvalue weighted by Gasteiger charge is -2.28. The number of hydrogen-bond acceptors (Lipinski definition) is 2. The van der Waals surface area contributed by atoms with Gasteiger partial charge in [-0.3, -0.25) is 4.79 Å². The zero-order chi connectivity index (χ0) is 19.5. The van der Waals surface area contributed by atoms with Crippen molar-refractivity contribution in [2.24, 2.45) is 0 Å². The molecule has 1 atom stereocenters. The lowest BCUT2D eigenvalue weighted by atomic mass is 10.1. The van der Waals surface area contributed by atoms with Gasteiger partial charge in [0.25, 0.3) is 5.91 Å². The monoisotopic (exact) mass is 540 g/mol. The number of amides is 1. The highest BCUT2D eigenvalue weighted by Crippen LogP contribution is 2.30. The van der Waals surface area contributed by atoms with E-state index in [9.17, 15) is 4.79 Å². The van der Waals surface area contributed by atoms with Crippen LogP contribution in [0.25, 0.3) is 0 Å². The first-order valence-electron chi connectivity index (χ1n) is 7.60. The van der Waals surface area contributed by atoms with Crippen LogP contribution in [-0.2, 0) is 0 Å². The van der Waals surface area contributed by atoms with Crippen molar-refractivity contribution < 1.29 is 4.79 Å². The molecular weight excluding hydrogens is 526 g/mol. The molecule has 0 saturated heterocycles. The van der Waals surface area contributed by atoms with E-state index in [0.29, 0.717) is 10.6 Å². The van der Waals surface area contributed by atoms with Crippen LogP contribution < -0.4 is 10.6 Å². The van der Waals surface area contributed by atoms with Crippen LogP contribution in [0.4, 0.5) is 0 Å². The average Bonchev–Trinajstić information content (AvgIpc) is 2.53. The minimum atomic E-state index is -1.79. The fraction of sp³-hybridized carbons (Fsp3) is 0.222. The van der Waals surface area contributed by atoms with Crippen LogP contribution in [0.2, 0.25) is 0 Å². The van der Waals surface area contributed by atoms with Gasteiger partial charge in [0.05, 0.1) is 5.56 Å². The number of carbonyl (C=O) groups excluding carboxylic acids is 1. The van der Waals surface area contributed by atoms with Crippen LogP contribution >= 0.6 is 69.6 Å². The summed E-state index contributed by atoms with van der Waals surface area (Å²) in [6.45, 7) is 3.95. The van der Waals surface area contributed by atoms with Gasteiger partial charge in [-0.15, -0.1) is 0 Å². The third-order valence-electron chi connectivity index (χ3n) is 3.62. The first-order chi connectivity index (χ1) is 12.1. The molecule has 8 heteroatoms. The Bertz CT molecular complexity index is 839. The summed E-state index contributed by atoms with van der Waals surface area (Å²) in [7, 11) is 0. The predicted octanol–water partition coefficient (Wildman–Crippen LogP) is 5.30. The fourth-order valence-corrected chi connectivity index (χ4v) is 3.64. The SMILES string of the molecule is Cc1ccc(C(=S)N[C@H](NC(=O)c2ccccc2I)C(Cl)(Cl)Cl)c(C)c1. The molecule has 2 rings (SSSR count). The highest BCUT2D eigenvalue weighted by atomic mass is 127. The van der Waals surface area contributed by atoms with E-state index < -0.39 is 9.96 Å². The molecule has 0 aliphatic rings. The Balaban J connectivity index is 2.21. The molecule has 2 aromatic carbocycles. The fourth-order valence-electron chi connectivity index (χ4n) is 2.33. The molecule has 1 amide bonds. The van der Waals surface area contributed by atoms with Gasteiger partial charge in [0.1, 0.15) is 11.2 Å². The van der Waals surface area contributed by atoms with E-state index in [4.69, 9.17) is 47.0 Å². The molecule has 0 spiro atoms. The van der Waals surface area contributed by atoms with Gasteiger partial charge in [-0.2, -0.15) is 0 Å². The molecule has 0 aliphatic heterocycles. The maximum atomic E-state index is 12.6. The molecule has 26 heavy (non-hydrogen) atoms. The number of alkyl halides is 3. The first kappa shape index (κ1) is 21.7. The lowest BCUT2D eigenvalue weighted by Crippen LogP contribution is -2.55. The zero-order valence-electron chi connectivity index (χ0n) is 13.9. The van der Waals surface area contributed by atoms with Crippen molar-refractivity contribution >= 4 is 80.5 Å². The number of hydrogen-bond donors (Lipinski definition) is 2. The van der Waals surface area contributed by atoms with Gasteiger partial charge in [0.2, 0.25) is 3.79 Å². The summed E-state index contributed by atoms with van der Waals surface area (Å²) in [5.41, 5.74) is 3.42. The number of nitrogens with one attached hydrogen (secondary N) is 2. The number of thiocarbonyl (C=S) groups is 1. The van der Waals surface area contributed by atoms with Gasteiger partial charge in [0.15, 0.2) is 0 Å². The van der Waals surface area contributed by atoms with Crippen molar-refractivity contribution in [1.29, 1.82) is 0 Å². The summed E-state index contributed by atoms with van der Waals surface area (Å²) in [4.78, 5) is 13.0. The maximum absolute atomic E-state index is 12.6. The van der Waals surface area contributed by atoms with Gasteiger partial charge in [0, 0.05) is 9.13 Å². The standard InChI is InChI=1S/C18H16Cl3IN2OS/c1-10-7-8-12(11(2)9-10)16(26)24-17(18(19,20)21)23-15(25)13-5-3-4-6-14(13)22/h3-9,17H,1-2H3,(H,23,25)(H,24,26)/t17-/m0/s1. The van der Waals surface area contributed by atoms with Crippen molar-refractivity contribution in [1.82, 2.24) is 10.6 Å². The molecule has 0 fully saturated rings. The number of carbonyl (C=O) groups is 1. The van der Waals surface area contributed by atoms with Crippen LogP contribution in [0.3, 0.4) is 0 Å². The van der Waals surface area contributed by atoms with Crippen LogP contribution in [0.15, 0.2) is 42.5 Å². The van der Waals surface area contributed by atoms with Gasteiger partial charge in [-0.05, 0) is 54.1 Å². The maximum Gasteiger partial charge on any atom is 0.254 e. The van der Waals surface area contributed by atoms with Crippen molar-refractivity contribution in [3.05, 3.63) is 68.3 Å². The van der Waals surface area contributed by atoms with Crippen LogP contribution in [0.1, 0.15) is 27.0 Å². The van der Waals surface area contributed by atoms with Gasteiger partial charge < -0.3 is 10.6 Å². The second kappa shape index (κ2) is 9.06. The Morgan fingerprint density at radius 3 is 2.31 bits per heavy atom. The largest absolute Gasteiger partial charge is 0.352 e. The molecule has 0 bridgehead atoms. The summed E-state index contributed by atoms with van der Waals surface area (Å²) in [5.74, 6) is -0.359. The van der Waals surface area contributed by atoms with E-state index in [1.165, 1.54) is 0 Å². The number of benzene rings is 2. The smallest absolute Gasteiger partial charge is 0.254 e. The predicted molar refractivity (Wildman–Crippen MR) is 121 cm³/mol. The average molecular weight is 542 g/mol. The summed E-state index contributed by atoms with van der Waals surface area (Å²) in [6, 6.07) is 13.0. The Morgan fingerprint density at radius 1 is 1.08 bits per heavy atom. The van der Waals surface area contributed by atoms with Gasteiger partial charge >= 0.3 is 0 Å². The van der Waals surface area contributed by atoms with Crippen LogP contribution in [0, 0.1) is 17.4 Å². The quantitative estimate of drug-likeness (QED) is 0.239. The second-order valence-electron chi connectivity index (χ2n) is 5.72. The summed E-state index contributed by atoms with van der Waals surface area (Å²) < 4.78 is -0.999. The molecule has 138 valence electrons. The Hall–Kier alpha value is -0.600. The van der Waals surface area contributed by atoms with E-state index in [1.807, 2.05) is 44.2 Å². The van der Waals surface area contributed by atoms with E-state index >= 15 is 0 Å². The Morgan fingerprint density at radius 2 is 1.73 bits per heavy atom. The molecule has 2 aromatic rings. The van der Waals surface area contributed by atoms with Gasteiger partial charge in [-0.25, -0.2) is 0 Å². The lowest BCUT2D eigenvalue weighted by molar-refractivity contribution is 0.0933. The summed E-state index contributed by atoms with van der Waals surface area (Å²) in [5, 5.41) is 5.66. The second-order valence-corrected chi connectivity index (χ2v) is 9.66. The number of rotatable bonds is 4. The summed E-state index contributed by atoms with van der Waals surface area (Å²) in [6.07, 6.45) is -0.996. The van der Waals surface area contributed by atoms with Crippen molar-refractivity contribution in [3.8, 4) is 0 Å². The Labute approximate surface area is 186 Å². The molecule has 2 N–H and O–H groups in total. The van der Waals surface area contributed by atoms with Crippen LogP contribution in [0.5, 0.6) is 0 Å². The highest BCUT2D eigenvalue weighted by Gasteiger charge is 2.35. The van der Waals surface area contributed by atoms with Crippen molar-refractivity contribution in [2.45, 2.75) is 23.8 Å².